The molecule has 0 amide bonds. The van der Waals surface area contributed by atoms with Crippen LogP contribution in [0.5, 0.6) is 0 Å². The molecule has 23 heavy (non-hydrogen) atoms. The Morgan fingerprint density at radius 1 is 1.30 bits per heavy atom. The van der Waals surface area contributed by atoms with E-state index < -0.39 is 0 Å². The summed E-state index contributed by atoms with van der Waals surface area (Å²) in [5.41, 5.74) is 0. The summed E-state index contributed by atoms with van der Waals surface area (Å²) in [6.45, 7) is 7.96. The van der Waals surface area contributed by atoms with Gasteiger partial charge < -0.3 is 19.4 Å². The van der Waals surface area contributed by atoms with Crippen molar-refractivity contribution in [1.82, 2.24) is 10.2 Å². The predicted octanol–water partition coefficient (Wildman–Crippen LogP) is 2.54. The van der Waals surface area contributed by atoms with Crippen molar-refractivity contribution in [2.45, 2.75) is 32.6 Å². The molecule has 2 aliphatic heterocycles. The molecule has 3 heterocycles. The molecule has 0 radical (unpaired) electrons. The fourth-order valence-corrected chi connectivity index (χ4v) is 3.70. The van der Waals surface area contributed by atoms with Gasteiger partial charge in [0.15, 0.2) is 5.96 Å². The lowest BCUT2D eigenvalue weighted by atomic mass is 9.85. The minimum absolute atomic E-state index is 0.772. The Labute approximate surface area is 139 Å². The van der Waals surface area contributed by atoms with Gasteiger partial charge in [-0.05, 0) is 50.2 Å². The lowest BCUT2D eigenvalue weighted by Gasteiger charge is -2.28. The summed E-state index contributed by atoms with van der Waals surface area (Å²) >= 11 is 0. The SMILES string of the molecule is CCNC(=NCCc1ccco1)N1CCC(C2CCOCC2)C1. The molecule has 1 unspecified atom stereocenters. The number of hydrogen-bond donors (Lipinski definition) is 1. The topological polar surface area (TPSA) is 50.0 Å². The molecule has 0 aromatic carbocycles. The highest BCUT2D eigenvalue weighted by Crippen LogP contribution is 2.31. The molecule has 0 aliphatic carbocycles. The molecule has 0 saturated carbocycles. The Hall–Kier alpha value is -1.49. The lowest BCUT2D eigenvalue weighted by molar-refractivity contribution is 0.0488. The molecule has 128 valence electrons. The maximum absolute atomic E-state index is 5.50. The predicted molar refractivity (Wildman–Crippen MR) is 91.6 cm³/mol. The molecule has 5 heteroatoms. The molecule has 1 aromatic rings. The average Bonchev–Trinajstić information content (AvgIpc) is 3.27. The van der Waals surface area contributed by atoms with Crippen LogP contribution < -0.4 is 5.32 Å². The van der Waals surface area contributed by atoms with Crippen LogP contribution in [0.15, 0.2) is 27.8 Å². The Kier molecular flexibility index (Phi) is 5.97. The zero-order chi connectivity index (χ0) is 15.9. The smallest absolute Gasteiger partial charge is 0.193 e. The molecule has 0 spiro atoms. The zero-order valence-corrected chi connectivity index (χ0v) is 14.2. The van der Waals surface area contributed by atoms with E-state index in [0.29, 0.717) is 0 Å². The van der Waals surface area contributed by atoms with E-state index in [1.54, 1.807) is 6.26 Å². The molecule has 1 atom stereocenters. The number of likely N-dealkylation sites (tertiary alicyclic amines) is 1. The Bertz CT molecular complexity index is 480. The van der Waals surface area contributed by atoms with Gasteiger partial charge in [0.2, 0.25) is 0 Å². The van der Waals surface area contributed by atoms with E-state index in [9.17, 15) is 0 Å². The van der Waals surface area contributed by atoms with Crippen LogP contribution in [0.3, 0.4) is 0 Å². The van der Waals surface area contributed by atoms with Crippen LogP contribution in [0.4, 0.5) is 0 Å². The van der Waals surface area contributed by atoms with Gasteiger partial charge in [-0.25, -0.2) is 0 Å². The van der Waals surface area contributed by atoms with E-state index in [2.05, 4.69) is 17.1 Å². The van der Waals surface area contributed by atoms with Crippen LogP contribution >= 0.6 is 0 Å². The van der Waals surface area contributed by atoms with E-state index >= 15 is 0 Å². The van der Waals surface area contributed by atoms with Gasteiger partial charge in [0.05, 0.1) is 6.26 Å². The van der Waals surface area contributed by atoms with Crippen molar-refractivity contribution < 1.29 is 9.15 Å². The number of furan rings is 1. The maximum atomic E-state index is 5.50. The normalized spacial score (nSPS) is 23.4. The van der Waals surface area contributed by atoms with E-state index in [1.807, 2.05) is 12.1 Å². The summed E-state index contributed by atoms with van der Waals surface area (Å²) in [4.78, 5) is 7.23. The third-order valence-corrected chi connectivity index (χ3v) is 4.99. The molecule has 1 aromatic heterocycles. The molecular weight excluding hydrogens is 290 g/mol. The Balaban J connectivity index is 1.53. The van der Waals surface area contributed by atoms with Crippen molar-refractivity contribution >= 4 is 5.96 Å². The molecule has 2 fully saturated rings. The van der Waals surface area contributed by atoms with Crippen molar-refractivity contribution in [3.05, 3.63) is 24.2 Å². The monoisotopic (exact) mass is 319 g/mol. The minimum atomic E-state index is 0.772. The van der Waals surface area contributed by atoms with Gasteiger partial charge in [0.25, 0.3) is 0 Å². The summed E-state index contributed by atoms with van der Waals surface area (Å²) in [7, 11) is 0. The Morgan fingerprint density at radius 3 is 2.91 bits per heavy atom. The van der Waals surface area contributed by atoms with Gasteiger partial charge >= 0.3 is 0 Å². The number of rotatable bonds is 5. The largest absolute Gasteiger partial charge is 0.469 e. The van der Waals surface area contributed by atoms with E-state index in [4.69, 9.17) is 14.1 Å². The third kappa shape index (κ3) is 4.50. The first kappa shape index (κ1) is 16.4. The van der Waals surface area contributed by atoms with Crippen LogP contribution in [-0.4, -0.2) is 50.3 Å². The molecule has 0 bridgehead atoms. The molecule has 5 nitrogen and oxygen atoms in total. The van der Waals surface area contributed by atoms with Gasteiger partial charge in [-0.2, -0.15) is 0 Å². The number of nitrogens with zero attached hydrogens (tertiary/aromatic N) is 2. The molecule has 2 saturated heterocycles. The highest BCUT2D eigenvalue weighted by Gasteiger charge is 2.31. The van der Waals surface area contributed by atoms with Crippen LogP contribution in [0.1, 0.15) is 31.9 Å². The molecule has 3 rings (SSSR count). The van der Waals surface area contributed by atoms with Crippen molar-refractivity contribution in [3.63, 3.8) is 0 Å². The molecular formula is C18H29N3O2. The maximum Gasteiger partial charge on any atom is 0.193 e. The lowest BCUT2D eigenvalue weighted by Crippen LogP contribution is -2.40. The number of aliphatic imine (C=N–C) groups is 1. The first-order valence-corrected chi connectivity index (χ1v) is 9.00. The van der Waals surface area contributed by atoms with Gasteiger partial charge in [-0.15, -0.1) is 0 Å². The minimum Gasteiger partial charge on any atom is -0.469 e. The molecule has 1 N–H and O–H groups in total. The molecule has 2 aliphatic rings. The number of nitrogens with one attached hydrogen (secondary N) is 1. The van der Waals surface area contributed by atoms with Crippen LogP contribution in [0.25, 0.3) is 0 Å². The second-order valence-electron chi connectivity index (χ2n) is 6.51. The van der Waals surface area contributed by atoms with Crippen LogP contribution in [0, 0.1) is 11.8 Å². The van der Waals surface area contributed by atoms with Crippen molar-refractivity contribution in [2.75, 3.05) is 39.4 Å². The number of guanidine groups is 1. The summed E-state index contributed by atoms with van der Waals surface area (Å²) in [6.07, 6.45) is 6.32. The summed E-state index contributed by atoms with van der Waals surface area (Å²) < 4.78 is 10.9. The third-order valence-electron chi connectivity index (χ3n) is 4.99. The number of ether oxygens (including phenoxy) is 1. The summed E-state index contributed by atoms with van der Waals surface area (Å²) in [5, 5.41) is 3.45. The highest BCUT2D eigenvalue weighted by molar-refractivity contribution is 5.80. The van der Waals surface area contributed by atoms with Crippen molar-refractivity contribution in [1.29, 1.82) is 0 Å². The van der Waals surface area contributed by atoms with Gasteiger partial charge in [-0.1, -0.05) is 0 Å². The van der Waals surface area contributed by atoms with Gasteiger partial charge in [-0.3, -0.25) is 4.99 Å². The summed E-state index contributed by atoms with van der Waals surface area (Å²) in [5.74, 6) is 3.70. The second kappa shape index (κ2) is 8.39. The van der Waals surface area contributed by atoms with Crippen LogP contribution in [0.2, 0.25) is 0 Å². The first-order valence-electron chi connectivity index (χ1n) is 9.00. The standard InChI is InChI=1S/C18H29N3O2/c1-2-19-18(20-9-5-17-4-3-11-23-17)21-10-6-16(14-21)15-7-12-22-13-8-15/h3-4,11,15-16H,2,5-10,12-14H2,1H3,(H,19,20). The second-order valence-corrected chi connectivity index (χ2v) is 6.51. The first-order chi connectivity index (χ1) is 11.4. The van der Waals surface area contributed by atoms with Crippen molar-refractivity contribution in [3.8, 4) is 0 Å². The Morgan fingerprint density at radius 2 is 2.17 bits per heavy atom. The quantitative estimate of drug-likeness (QED) is 0.669. The fourth-order valence-electron chi connectivity index (χ4n) is 3.70. The number of hydrogen-bond acceptors (Lipinski definition) is 3. The van der Waals surface area contributed by atoms with Gasteiger partial charge in [0, 0.05) is 45.8 Å². The fraction of sp³-hybridized carbons (Fsp3) is 0.722. The van der Waals surface area contributed by atoms with E-state index in [0.717, 1.165) is 69.4 Å². The van der Waals surface area contributed by atoms with Gasteiger partial charge in [0.1, 0.15) is 5.76 Å². The van der Waals surface area contributed by atoms with E-state index in [1.165, 1.54) is 19.3 Å². The van der Waals surface area contributed by atoms with Crippen LogP contribution in [-0.2, 0) is 11.2 Å². The van der Waals surface area contributed by atoms with E-state index in [-0.39, 0.29) is 0 Å². The zero-order valence-electron chi connectivity index (χ0n) is 14.2. The average molecular weight is 319 g/mol. The highest BCUT2D eigenvalue weighted by atomic mass is 16.5. The summed E-state index contributed by atoms with van der Waals surface area (Å²) in [6, 6.07) is 3.95. The van der Waals surface area contributed by atoms with Crippen molar-refractivity contribution in [2.24, 2.45) is 16.8 Å².